The minimum absolute atomic E-state index is 0. The Morgan fingerprint density at radius 1 is 0.957 bits per heavy atom. The van der Waals surface area contributed by atoms with Crippen molar-refractivity contribution in [3.05, 3.63) is 34.9 Å². The van der Waals surface area contributed by atoms with E-state index in [0.29, 0.717) is 0 Å². The van der Waals surface area contributed by atoms with E-state index in [2.05, 4.69) is 30.1 Å². The number of rotatable bonds is 12. The zero-order valence-corrected chi connectivity index (χ0v) is 16.9. The molecule has 0 aliphatic heterocycles. The minimum Gasteiger partial charge on any atom is -0.313 e. The molecule has 0 saturated carbocycles. The molecular weight excluding hydrogens is 351 g/mol. The van der Waals surface area contributed by atoms with Crippen molar-refractivity contribution < 1.29 is 0 Å². The van der Waals surface area contributed by atoms with E-state index in [1.165, 1.54) is 57.3 Å². The van der Waals surface area contributed by atoms with Crippen LogP contribution < -0.4 is 5.32 Å². The van der Waals surface area contributed by atoms with Gasteiger partial charge in [0.2, 0.25) is 0 Å². The third kappa shape index (κ3) is 13.0. The van der Waals surface area contributed by atoms with Crippen molar-refractivity contribution in [2.45, 2.75) is 52.5 Å². The topological polar surface area (TPSA) is 15.3 Å². The first-order valence-electron chi connectivity index (χ1n) is 8.43. The average molecular weight is 384 g/mol. The Kier molecular flexibility index (Phi) is 18.5. The minimum atomic E-state index is 0. The molecule has 1 rings (SSSR count). The molecule has 1 N–H and O–H groups in total. The summed E-state index contributed by atoms with van der Waals surface area (Å²) in [6.45, 7) is 10.2. The monoisotopic (exact) mass is 382 g/mol. The Balaban J connectivity index is 0. The molecule has 0 atom stereocenters. The van der Waals surface area contributed by atoms with Crippen LogP contribution >= 0.6 is 36.4 Å². The molecule has 5 heteroatoms. The van der Waals surface area contributed by atoms with Crippen LogP contribution in [0, 0.1) is 0 Å². The molecule has 23 heavy (non-hydrogen) atoms. The van der Waals surface area contributed by atoms with Gasteiger partial charge in [-0.25, -0.2) is 0 Å². The Labute approximate surface area is 160 Å². The van der Waals surface area contributed by atoms with Crippen LogP contribution in [-0.4, -0.2) is 31.1 Å². The van der Waals surface area contributed by atoms with Crippen molar-refractivity contribution >= 4 is 36.4 Å². The number of benzene rings is 1. The van der Waals surface area contributed by atoms with E-state index in [1.54, 1.807) is 0 Å². The molecule has 0 aliphatic carbocycles. The summed E-state index contributed by atoms with van der Waals surface area (Å²) in [5, 5.41) is 4.33. The van der Waals surface area contributed by atoms with Crippen molar-refractivity contribution in [2.75, 3.05) is 26.2 Å². The van der Waals surface area contributed by atoms with Crippen LogP contribution in [-0.2, 0) is 6.54 Å². The number of hydrogen-bond acceptors (Lipinski definition) is 2. The lowest BCUT2D eigenvalue weighted by Gasteiger charge is -2.21. The molecule has 0 unspecified atom stereocenters. The maximum absolute atomic E-state index is 5.99. The molecule has 0 spiro atoms. The fraction of sp³-hybridized carbons (Fsp3) is 0.667. The van der Waals surface area contributed by atoms with Gasteiger partial charge in [-0.2, -0.15) is 0 Å². The Morgan fingerprint density at radius 3 is 2.13 bits per heavy atom. The second-order valence-corrected chi connectivity index (χ2v) is 6.15. The lowest BCUT2D eigenvalue weighted by molar-refractivity contribution is 0.261. The van der Waals surface area contributed by atoms with Crippen LogP contribution in [0.4, 0.5) is 0 Å². The van der Waals surface area contributed by atoms with E-state index < -0.39 is 0 Å². The highest BCUT2D eigenvalue weighted by atomic mass is 35.5. The Morgan fingerprint density at radius 2 is 1.57 bits per heavy atom. The smallest absolute Gasteiger partial charge is 0.0409 e. The van der Waals surface area contributed by atoms with E-state index in [0.717, 1.165) is 18.1 Å². The van der Waals surface area contributed by atoms with Crippen LogP contribution in [0.25, 0.3) is 0 Å². The summed E-state index contributed by atoms with van der Waals surface area (Å²) in [7, 11) is 0. The number of nitrogens with zero attached hydrogens (tertiary/aromatic N) is 1. The molecule has 0 bridgehead atoms. The fourth-order valence-electron chi connectivity index (χ4n) is 2.41. The number of unbranched alkanes of at least 4 members (excludes halogenated alkanes) is 2. The quantitative estimate of drug-likeness (QED) is 0.475. The second-order valence-electron chi connectivity index (χ2n) is 5.71. The van der Waals surface area contributed by atoms with Crippen LogP contribution in [0.5, 0.6) is 0 Å². The van der Waals surface area contributed by atoms with Gasteiger partial charge in [-0.05, 0) is 63.1 Å². The van der Waals surface area contributed by atoms with Crippen molar-refractivity contribution in [2.24, 2.45) is 0 Å². The van der Waals surface area contributed by atoms with Gasteiger partial charge in [0, 0.05) is 11.6 Å². The van der Waals surface area contributed by atoms with Crippen molar-refractivity contribution in [3.63, 3.8) is 0 Å². The molecule has 1 aromatic carbocycles. The molecular formula is C18H33Cl3N2. The second kappa shape index (κ2) is 16.9. The van der Waals surface area contributed by atoms with E-state index in [-0.39, 0.29) is 24.8 Å². The highest BCUT2D eigenvalue weighted by Gasteiger charge is 2.03. The summed E-state index contributed by atoms with van der Waals surface area (Å²) in [4.78, 5) is 2.62. The molecule has 0 fully saturated rings. The van der Waals surface area contributed by atoms with Gasteiger partial charge in [-0.15, -0.1) is 24.8 Å². The summed E-state index contributed by atoms with van der Waals surface area (Å²) in [5.74, 6) is 0. The first-order chi connectivity index (χ1) is 10.3. The zero-order valence-electron chi connectivity index (χ0n) is 14.5. The van der Waals surface area contributed by atoms with Gasteiger partial charge < -0.3 is 10.2 Å². The molecule has 1 aromatic rings. The third-order valence-electron chi connectivity index (χ3n) is 3.70. The van der Waals surface area contributed by atoms with Gasteiger partial charge in [0.05, 0.1) is 0 Å². The first-order valence-corrected chi connectivity index (χ1v) is 8.81. The SMILES string of the molecule is CCCCN(CCCC)CCCNCc1cccc(Cl)c1.Cl.Cl. The number of hydrogen-bond donors (Lipinski definition) is 1. The average Bonchev–Trinajstić information content (AvgIpc) is 2.49. The predicted octanol–water partition coefficient (Wildman–Crippen LogP) is 5.57. The van der Waals surface area contributed by atoms with Crippen LogP contribution in [0.1, 0.15) is 51.5 Å². The Hall–Kier alpha value is 0.01000. The summed E-state index contributed by atoms with van der Waals surface area (Å²) in [5.41, 5.74) is 1.26. The lowest BCUT2D eigenvalue weighted by Crippen LogP contribution is -2.29. The first kappa shape index (κ1) is 25.3. The van der Waals surface area contributed by atoms with Gasteiger partial charge >= 0.3 is 0 Å². The van der Waals surface area contributed by atoms with Gasteiger partial charge in [-0.3, -0.25) is 0 Å². The van der Waals surface area contributed by atoms with Gasteiger partial charge in [-0.1, -0.05) is 50.4 Å². The highest BCUT2D eigenvalue weighted by Crippen LogP contribution is 2.10. The standard InChI is InChI=1S/C18H31ClN2.2ClH/c1-3-5-12-21(13-6-4-2)14-8-11-20-16-17-9-7-10-18(19)15-17;;/h7,9-10,15,20H,3-6,8,11-14,16H2,1-2H3;2*1H. The van der Waals surface area contributed by atoms with E-state index in [1.807, 2.05) is 18.2 Å². The molecule has 0 heterocycles. The Bertz CT molecular complexity index is 367. The van der Waals surface area contributed by atoms with Crippen molar-refractivity contribution in [1.82, 2.24) is 10.2 Å². The number of halogens is 3. The lowest BCUT2D eigenvalue weighted by atomic mass is 10.2. The summed E-state index contributed by atoms with van der Waals surface area (Å²) < 4.78 is 0. The van der Waals surface area contributed by atoms with E-state index >= 15 is 0 Å². The molecule has 0 amide bonds. The van der Waals surface area contributed by atoms with Gasteiger partial charge in [0.1, 0.15) is 0 Å². The van der Waals surface area contributed by atoms with Crippen molar-refractivity contribution in [1.29, 1.82) is 0 Å². The summed E-state index contributed by atoms with van der Waals surface area (Å²) in [6.07, 6.45) is 6.43. The van der Waals surface area contributed by atoms with E-state index in [9.17, 15) is 0 Å². The highest BCUT2D eigenvalue weighted by molar-refractivity contribution is 6.30. The normalized spacial score (nSPS) is 10.3. The fourth-order valence-corrected chi connectivity index (χ4v) is 2.62. The molecule has 0 aliphatic rings. The molecule has 0 aromatic heterocycles. The molecule has 2 nitrogen and oxygen atoms in total. The van der Waals surface area contributed by atoms with Gasteiger partial charge in [0.25, 0.3) is 0 Å². The number of nitrogens with one attached hydrogen (secondary N) is 1. The maximum atomic E-state index is 5.99. The van der Waals surface area contributed by atoms with Crippen LogP contribution in [0.15, 0.2) is 24.3 Å². The zero-order chi connectivity index (χ0) is 15.3. The predicted molar refractivity (Wildman–Crippen MR) is 109 cm³/mol. The van der Waals surface area contributed by atoms with Gasteiger partial charge in [0.15, 0.2) is 0 Å². The summed E-state index contributed by atoms with van der Waals surface area (Å²) >= 11 is 5.99. The van der Waals surface area contributed by atoms with E-state index in [4.69, 9.17) is 11.6 Å². The van der Waals surface area contributed by atoms with Crippen molar-refractivity contribution in [3.8, 4) is 0 Å². The van der Waals surface area contributed by atoms with Crippen LogP contribution in [0.3, 0.4) is 0 Å². The molecule has 136 valence electrons. The largest absolute Gasteiger partial charge is 0.313 e. The maximum Gasteiger partial charge on any atom is 0.0409 e. The molecule has 0 radical (unpaired) electrons. The van der Waals surface area contributed by atoms with Crippen LogP contribution in [0.2, 0.25) is 5.02 Å². The summed E-state index contributed by atoms with van der Waals surface area (Å²) in [6, 6.07) is 8.08. The third-order valence-corrected chi connectivity index (χ3v) is 3.94. The molecule has 0 saturated heterocycles.